The van der Waals surface area contributed by atoms with Crippen LogP contribution >= 0.6 is 0 Å². The van der Waals surface area contributed by atoms with E-state index in [1.165, 1.54) is 0 Å². The lowest BCUT2D eigenvalue weighted by atomic mass is 10.2. The van der Waals surface area contributed by atoms with Crippen molar-refractivity contribution in [2.45, 2.75) is 33.0 Å². The Morgan fingerprint density at radius 1 is 1.38 bits per heavy atom. The number of nitrogens with zero attached hydrogens (tertiary/aromatic N) is 1. The molecule has 0 saturated heterocycles. The fourth-order valence-corrected chi connectivity index (χ4v) is 0.812. The lowest BCUT2D eigenvalue weighted by Crippen LogP contribution is -2.19. The number of anilines is 1. The number of aromatic nitrogens is 1. The SMILES string of the molecule is CC(C)(C)OCc1ccc(N)cn1. The molecule has 0 aromatic carbocycles. The molecule has 0 spiro atoms. The third-order valence-corrected chi connectivity index (χ3v) is 1.50. The van der Waals surface area contributed by atoms with Crippen molar-refractivity contribution < 1.29 is 4.74 Å². The van der Waals surface area contributed by atoms with Crippen LogP contribution in [0.3, 0.4) is 0 Å². The van der Waals surface area contributed by atoms with Gasteiger partial charge in [-0.25, -0.2) is 0 Å². The number of hydrogen-bond acceptors (Lipinski definition) is 3. The van der Waals surface area contributed by atoms with Crippen LogP contribution in [0.4, 0.5) is 5.69 Å². The summed E-state index contributed by atoms with van der Waals surface area (Å²) in [5.74, 6) is 0. The second-order valence-corrected chi connectivity index (χ2v) is 3.98. The summed E-state index contributed by atoms with van der Waals surface area (Å²) in [6, 6.07) is 3.70. The Morgan fingerprint density at radius 3 is 2.54 bits per heavy atom. The van der Waals surface area contributed by atoms with Crippen LogP contribution in [0.1, 0.15) is 26.5 Å². The minimum Gasteiger partial charge on any atom is -0.397 e. The van der Waals surface area contributed by atoms with E-state index in [-0.39, 0.29) is 5.60 Å². The summed E-state index contributed by atoms with van der Waals surface area (Å²) in [7, 11) is 0. The second kappa shape index (κ2) is 3.75. The van der Waals surface area contributed by atoms with E-state index in [1.807, 2.05) is 32.9 Å². The monoisotopic (exact) mass is 180 g/mol. The Bertz CT molecular complexity index is 261. The summed E-state index contributed by atoms with van der Waals surface area (Å²) >= 11 is 0. The average molecular weight is 180 g/mol. The first kappa shape index (κ1) is 9.99. The van der Waals surface area contributed by atoms with E-state index in [1.54, 1.807) is 6.20 Å². The van der Waals surface area contributed by atoms with Crippen molar-refractivity contribution in [2.24, 2.45) is 0 Å². The predicted octanol–water partition coefficient (Wildman–Crippen LogP) is 1.98. The number of rotatable bonds is 2. The van der Waals surface area contributed by atoms with Crippen LogP contribution in [0.5, 0.6) is 0 Å². The largest absolute Gasteiger partial charge is 0.397 e. The molecule has 0 saturated carbocycles. The van der Waals surface area contributed by atoms with Crippen LogP contribution in [0.2, 0.25) is 0 Å². The van der Waals surface area contributed by atoms with Crippen molar-refractivity contribution in [1.29, 1.82) is 0 Å². The van der Waals surface area contributed by atoms with E-state index >= 15 is 0 Å². The highest BCUT2D eigenvalue weighted by atomic mass is 16.5. The Labute approximate surface area is 78.9 Å². The van der Waals surface area contributed by atoms with Crippen molar-refractivity contribution in [3.63, 3.8) is 0 Å². The molecule has 0 fully saturated rings. The summed E-state index contributed by atoms with van der Waals surface area (Å²) in [6.07, 6.45) is 1.64. The minimum atomic E-state index is -0.122. The van der Waals surface area contributed by atoms with Crippen molar-refractivity contribution in [2.75, 3.05) is 5.73 Å². The zero-order chi connectivity index (χ0) is 9.90. The van der Waals surface area contributed by atoms with Gasteiger partial charge in [-0.15, -0.1) is 0 Å². The molecule has 1 rings (SSSR count). The van der Waals surface area contributed by atoms with E-state index in [9.17, 15) is 0 Å². The molecule has 0 unspecified atom stereocenters. The molecule has 0 radical (unpaired) electrons. The lowest BCUT2D eigenvalue weighted by molar-refractivity contribution is -0.0164. The molecule has 0 bridgehead atoms. The van der Waals surface area contributed by atoms with E-state index in [2.05, 4.69) is 4.98 Å². The van der Waals surface area contributed by atoms with Gasteiger partial charge in [-0.3, -0.25) is 4.98 Å². The van der Waals surface area contributed by atoms with Gasteiger partial charge < -0.3 is 10.5 Å². The highest BCUT2D eigenvalue weighted by Crippen LogP contribution is 2.10. The molecule has 1 heterocycles. The van der Waals surface area contributed by atoms with Crippen molar-refractivity contribution in [3.8, 4) is 0 Å². The zero-order valence-electron chi connectivity index (χ0n) is 8.37. The number of nitrogen functional groups attached to an aromatic ring is 1. The molecule has 0 aliphatic carbocycles. The third-order valence-electron chi connectivity index (χ3n) is 1.50. The summed E-state index contributed by atoms with van der Waals surface area (Å²) in [4.78, 5) is 4.13. The van der Waals surface area contributed by atoms with Gasteiger partial charge in [0, 0.05) is 0 Å². The first-order valence-corrected chi connectivity index (χ1v) is 4.32. The zero-order valence-corrected chi connectivity index (χ0v) is 8.37. The molecule has 72 valence electrons. The van der Waals surface area contributed by atoms with Gasteiger partial charge in [0.15, 0.2) is 0 Å². The number of pyridine rings is 1. The predicted molar refractivity (Wildman–Crippen MR) is 53.2 cm³/mol. The molecule has 1 aromatic rings. The number of ether oxygens (including phenoxy) is 1. The van der Waals surface area contributed by atoms with Crippen LogP contribution < -0.4 is 5.73 Å². The summed E-state index contributed by atoms with van der Waals surface area (Å²) in [5.41, 5.74) is 6.97. The Balaban J connectivity index is 2.51. The van der Waals surface area contributed by atoms with Crippen molar-refractivity contribution >= 4 is 5.69 Å². The molecule has 13 heavy (non-hydrogen) atoms. The van der Waals surface area contributed by atoms with E-state index < -0.39 is 0 Å². The maximum atomic E-state index is 5.55. The van der Waals surface area contributed by atoms with Gasteiger partial charge in [-0.1, -0.05) is 0 Å². The first-order chi connectivity index (χ1) is 5.97. The van der Waals surface area contributed by atoms with Gasteiger partial charge in [-0.05, 0) is 32.9 Å². The molecule has 0 aliphatic heterocycles. The molecule has 2 N–H and O–H groups in total. The molecule has 0 amide bonds. The summed E-state index contributed by atoms with van der Waals surface area (Å²) < 4.78 is 5.55. The van der Waals surface area contributed by atoms with Gasteiger partial charge in [0.25, 0.3) is 0 Å². The van der Waals surface area contributed by atoms with Crippen molar-refractivity contribution in [3.05, 3.63) is 24.0 Å². The topological polar surface area (TPSA) is 48.1 Å². The molecule has 3 nitrogen and oxygen atoms in total. The number of hydrogen-bond donors (Lipinski definition) is 1. The van der Waals surface area contributed by atoms with E-state index in [4.69, 9.17) is 10.5 Å². The lowest BCUT2D eigenvalue weighted by Gasteiger charge is -2.18. The quantitative estimate of drug-likeness (QED) is 0.757. The normalized spacial score (nSPS) is 11.6. The molecular weight excluding hydrogens is 164 g/mol. The van der Waals surface area contributed by atoms with Crippen LogP contribution in [-0.4, -0.2) is 10.6 Å². The maximum absolute atomic E-state index is 5.55. The van der Waals surface area contributed by atoms with Gasteiger partial charge in [-0.2, -0.15) is 0 Å². The standard InChI is InChI=1S/C10H16N2O/c1-10(2,3)13-7-9-5-4-8(11)6-12-9/h4-6H,7,11H2,1-3H3. The van der Waals surface area contributed by atoms with Crippen molar-refractivity contribution in [1.82, 2.24) is 4.98 Å². The highest BCUT2D eigenvalue weighted by molar-refractivity contribution is 5.34. The van der Waals surface area contributed by atoms with Crippen LogP contribution in [0.25, 0.3) is 0 Å². The molecule has 0 aliphatic rings. The van der Waals surface area contributed by atoms with Gasteiger partial charge in [0.2, 0.25) is 0 Å². The Morgan fingerprint density at radius 2 is 2.08 bits per heavy atom. The summed E-state index contributed by atoms with van der Waals surface area (Å²) in [5, 5.41) is 0. The minimum absolute atomic E-state index is 0.122. The maximum Gasteiger partial charge on any atom is 0.0894 e. The fraction of sp³-hybridized carbons (Fsp3) is 0.500. The first-order valence-electron chi connectivity index (χ1n) is 4.32. The van der Waals surface area contributed by atoms with Gasteiger partial charge in [0.1, 0.15) is 0 Å². The van der Waals surface area contributed by atoms with E-state index in [0.717, 1.165) is 5.69 Å². The Kier molecular flexibility index (Phi) is 2.88. The smallest absolute Gasteiger partial charge is 0.0894 e. The Hall–Kier alpha value is -1.09. The third kappa shape index (κ3) is 3.90. The highest BCUT2D eigenvalue weighted by Gasteiger charge is 2.09. The van der Waals surface area contributed by atoms with Gasteiger partial charge in [0.05, 0.1) is 29.8 Å². The molecule has 1 aromatic heterocycles. The summed E-state index contributed by atoms with van der Waals surface area (Å²) in [6.45, 7) is 6.59. The van der Waals surface area contributed by atoms with Crippen LogP contribution in [-0.2, 0) is 11.3 Å². The molecule has 0 atom stereocenters. The number of nitrogens with two attached hydrogens (primary N) is 1. The van der Waals surface area contributed by atoms with Gasteiger partial charge >= 0.3 is 0 Å². The molecule has 3 heteroatoms. The second-order valence-electron chi connectivity index (χ2n) is 3.98. The van der Waals surface area contributed by atoms with Crippen LogP contribution in [0, 0.1) is 0 Å². The fourth-order valence-electron chi connectivity index (χ4n) is 0.812. The average Bonchev–Trinajstić information content (AvgIpc) is 2.02. The van der Waals surface area contributed by atoms with Crippen LogP contribution in [0.15, 0.2) is 18.3 Å². The van der Waals surface area contributed by atoms with E-state index in [0.29, 0.717) is 12.3 Å². The molecular formula is C10H16N2O.